The number of hydrogen-bond acceptors (Lipinski definition) is 2. The Bertz CT molecular complexity index is 722. The number of amides is 1. The Hall–Kier alpha value is -2.29. The molecule has 0 spiro atoms. The van der Waals surface area contributed by atoms with Crippen molar-refractivity contribution >= 4 is 11.6 Å². The molecule has 1 N–H and O–H groups in total. The highest BCUT2D eigenvalue weighted by Crippen LogP contribution is 2.25. The average molecular weight is 309 g/mol. The van der Waals surface area contributed by atoms with Crippen LogP contribution in [0.1, 0.15) is 35.1 Å². The van der Waals surface area contributed by atoms with Gasteiger partial charge in [-0.1, -0.05) is 18.2 Å². The smallest absolute Gasteiger partial charge is 0.227 e. The van der Waals surface area contributed by atoms with Crippen molar-refractivity contribution in [2.45, 2.75) is 39.5 Å². The molecule has 0 fully saturated rings. The summed E-state index contributed by atoms with van der Waals surface area (Å²) in [6, 6.07) is 12.3. The van der Waals surface area contributed by atoms with Gasteiger partial charge in [0.1, 0.15) is 5.75 Å². The predicted molar refractivity (Wildman–Crippen MR) is 93.1 cm³/mol. The first-order valence-electron chi connectivity index (χ1n) is 8.23. The van der Waals surface area contributed by atoms with Gasteiger partial charge in [-0.05, 0) is 73.6 Å². The maximum absolute atomic E-state index is 12.1. The molecule has 0 unspecified atom stereocenters. The Morgan fingerprint density at radius 3 is 2.78 bits per heavy atom. The summed E-state index contributed by atoms with van der Waals surface area (Å²) in [5, 5.41) is 2.96. The highest BCUT2D eigenvalue weighted by atomic mass is 16.5. The summed E-state index contributed by atoms with van der Waals surface area (Å²) in [6.45, 7) is 4.44. The first-order valence-corrected chi connectivity index (χ1v) is 8.23. The third kappa shape index (κ3) is 3.92. The number of ether oxygens (including phenoxy) is 1. The van der Waals surface area contributed by atoms with Gasteiger partial charge in [-0.25, -0.2) is 0 Å². The molecule has 2 aromatic carbocycles. The van der Waals surface area contributed by atoms with Gasteiger partial charge in [0.05, 0.1) is 13.0 Å². The van der Waals surface area contributed by atoms with E-state index in [0.29, 0.717) is 13.0 Å². The van der Waals surface area contributed by atoms with E-state index in [1.807, 2.05) is 32.0 Å². The van der Waals surface area contributed by atoms with Crippen molar-refractivity contribution in [2.75, 3.05) is 11.9 Å². The summed E-state index contributed by atoms with van der Waals surface area (Å²) in [6.07, 6.45) is 3.85. The number of benzene rings is 2. The van der Waals surface area contributed by atoms with Crippen LogP contribution in [-0.2, 0) is 17.6 Å². The van der Waals surface area contributed by atoms with E-state index in [9.17, 15) is 4.79 Å². The Morgan fingerprint density at radius 2 is 1.91 bits per heavy atom. The van der Waals surface area contributed by atoms with Crippen LogP contribution in [0.2, 0.25) is 0 Å². The number of rotatable bonds is 5. The molecule has 1 aliphatic carbocycles. The lowest BCUT2D eigenvalue weighted by Crippen LogP contribution is -2.15. The van der Waals surface area contributed by atoms with E-state index < -0.39 is 0 Å². The van der Waals surface area contributed by atoms with Crippen molar-refractivity contribution < 1.29 is 9.53 Å². The second kappa shape index (κ2) is 6.86. The highest BCUT2D eigenvalue weighted by Gasteiger charge is 2.12. The van der Waals surface area contributed by atoms with E-state index in [4.69, 9.17) is 4.74 Å². The molecule has 0 saturated heterocycles. The molecular weight excluding hydrogens is 286 g/mol. The van der Waals surface area contributed by atoms with Gasteiger partial charge < -0.3 is 10.1 Å². The molecule has 1 amide bonds. The number of hydrogen-bond donors (Lipinski definition) is 1. The molecule has 23 heavy (non-hydrogen) atoms. The van der Waals surface area contributed by atoms with Gasteiger partial charge in [0.15, 0.2) is 0 Å². The summed E-state index contributed by atoms with van der Waals surface area (Å²) in [7, 11) is 0. The SMILES string of the molecule is Cc1ccc(C)c(OCCC(=O)Nc2ccc3c(c2)CCC3)c1. The number of carbonyl (C=O) groups is 1. The van der Waals surface area contributed by atoms with Gasteiger partial charge in [-0.2, -0.15) is 0 Å². The summed E-state index contributed by atoms with van der Waals surface area (Å²) in [5.41, 5.74) is 5.93. The molecule has 0 saturated carbocycles. The minimum Gasteiger partial charge on any atom is -0.493 e. The van der Waals surface area contributed by atoms with E-state index >= 15 is 0 Å². The maximum Gasteiger partial charge on any atom is 0.227 e. The monoisotopic (exact) mass is 309 g/mol. The fourth-order valence-corrected chi connectivity index (χ4v) is 2.99. The van der Waals surface area contributed by atoms with Crippen LogP contribution >= 0.6 is 0 Å². The molecule has 0 aliphatic heterocycles. The number of nitrogens with one attached hydrogen (secondary N) is 1. The van der Waals surface area contributed by atoms with Crippen molar-refractivity contribution in [1.82, 2.24) is 0 Å². The Kier molecular flexibility index (Phi) is 4.65. The Balaban J connectivity index is 1.51. The zero-order chi connectivity index (χ0) is 16.2. The minimum atomic E-state index is -0.00625. The second-order valence-corrected chi connectivity index (χ2v) is 6.25. The maximum atomic E-state index is 12.1. The van der Waals surface area contributed by atoms with Crippen LogP contribution in [0.5, 0.6) is 5.75 Å². The first kappa shape index (κ1) is 15.6. The molecule has 0 radical (unpaired) electrons. The number of carbonyl (C=O) groups excluding carboxylic acids is 1. The lowest BCUT2D eigenvalue weighted by atomic mass is 10.1. The topological polar surface area (TPSA) is 38.3 Å². The van der Waals surface area contributed by atoms with Gasteiger partial charge in [-0.3, -0.25) is 4.79 Å². The number of fused-ring (bicyclic) bond motifs is 1. The molecule has 1 aliphatic rings. The van der Waals surface area contributed by atoms with E-state index in [0.717, 1.165) is 35.4 Å². The van der Waals surface area contributed by atoms with Crippen molar-refractivity contribution in [3.63, 3.8) is 0 Å². The fraction of sp³-hybridized carbons (Fsp3) is 0.350. The third-order valence-corrected chi connectivity index (χ3v) is 4.31. The van der Waals surface area contributed by atoms with Gasteiger partial charge in [0.2, 0.25) is 5.91 Å². The van der Waals surface area contributed by atoms with E-state index in [1.165, 1.54) is 17.5 Å². The van der Waals surface area contributed by atoms with Crippen LogP contribution in [0.4, 0.5) is 5.69 Å². The Labute approximate surface area is 137 Å². The summed E-state index contributed by atoms with van der Waals surface area (Å²) in [4.78, 5) is 12.1. The molecule has 0 atom stereocenters. The number of aryl methyl sites for hydroxylation is 4. The molecular formula is C20H23NO2. The zero-order valence-electron chi connectivity index (χ0n) is 13.8. The molecule has 3 nitrogen and oxygen atoms in total. The van der Waals surface area contributed by atoms with Crippen LogP contribution < -0.4 is 10.1 Å². The molecule has 0 heterocycles. The lowest BCUT2D eigenvalue weighted by Gasteiger charge is -2.11. The van der Waals surface area contributed by atoms with E-state index in [1.54, 1.807) is 0 Å². The van der Waals surface area contributed by atoms with Crippen molar-refractivity contribution in [2.24, 2.45) is 0 Å². The van der Waals surface area contributed by atoms with Crippen molar-refractivity contribution in [3.8, 4) is 5.75 Å². The molecule has 120 valence electrons. The Morgan fingerprint density at radius 1 is 1.09 bits per heavy atom. The lowest BCUT2D eigenvalue weighted by molar-refractivity contribution is -0.116. The normalized spacial score (nSPS) is 12.8. The molecule has 3 rings (SSSR count). The fourth-order valence-electron chi connectivity index (χ4n) is 2.99. The zero-order valence-corrected chi connectivity index (χ0v) is 13.8. The summed E-state index contributed by atoms with van der Waals surface area (Å²) < 4.78 is 5.74. The molecule has 0 bridgehead atoms. The molecule has 2 aromatic rings. The van der Waals surface area contributed by atoms with E-state index in [-0.39, 0.29) is 5.91 Å². The summed E-state index contributed by atoms with van der Waals surface area (Å²) >= 11 is 0. The standard InChI is InChI=1S/C20H23NO2/c1-14-6-7-15(2)19(12-14)23-11-10-20(22)21-18-9-8-16-4-3-5-17(16)13-18/h6-9,12-13H,3-5,10-11H2,1-2H3,(H,21,22). The highest BCUT2D eigenvalue weighted by molar-refractivity contribution is 5.90. The van der Waals surface area contributed by atoms with Gasteiger partial charge in [-0.15, -0.1) is 0 Å². The predicted octanol–water partition coefficient (Wildman–Crippen LogP) is 4.20. The van der Waals surface area contributed by atoms with Crippen molar-refractivity contribution in [1.29, 1.82) is 0 Å². The van der Waals surface area contributed by atoms with Gasteiger partial charge in [0, 0.05) is 5.69 Å². The average Bonchev–Trinajstić information content (AvgIpc) is 2.98. The second-order valence-electron chi connectivity index (χ2n) is 6.25. The third-order valence-electron chi connectivity index (χ3n) is 4.31. The van der Waals surface area contributed by atoms with Gasteiger partial charge in [0.25, 0.3) is 0 Å². The van der Waals surface area contributed by atoms with Crippen LogP contribution in [-0.4, -0.2) is 12.5 Å². The van der Waals surface area contributed by atoms with Crippen LogP contribution in [0, 0.1) is 13.8 Å². The minimum absolute atomic E-state index is 0.00625. The number of anilines is 1. The van der Waals surface area contributed by atoms with Crippen LogP contribution in [0.15, 0.2) is 36.4 Å². The van der Waals surface area contributed by atoms with E-state index in [2.05, 4.69) is 23.5 Å². The van der Waals surface area contributed by atoms with Crippen LogP contribution in [0.3, 0.4) is 0 Å². The van der Waals surface area contributed by atoms with Gasteiger partial charge >= 0.3 is 0 Å². The first-order chi connectivity index (χ1) is 11.1. The summed E-state index contributed by atoms with van der Waals surface area (Å²) in [5.74, 6) is 0.851. The quantitative estimate of drug-likeness (QED) is 0.899. The van der Waals surface area contributed by atoms with Crippen molar-refractivity contribution in [3.05, 3.63) is 58.7 Å². The molecule has 3 heteroatoms. The van der Waals surface area contributed by atoms with Crippen LogP contribution in [0.25, 0.3) is 0 Å². The molecule has 0 aromatic heterocycles. The largest absolute Gasteiger partial charge is 0.493 e.